The first kappa shape index (κ1) is 9.91. The maximum absolute atomic E-state index is 8.59. The van der Waals surface area contributed by atoms with Crippen molar-refractivity contribution in [1.82, 2.24) is 0 Å². The molecule has 0 spiro atoms. The maximum Gasteiger partial charge on any atom is 0 e. The quantitative estimate of drug-likeness (QED) is 0.429. The molecule has 0 aliphatic heterocycles. The molecule has 43 valence electrons. The predicted octanol–water partition coefficient (Wildman–Crippen LogP) is -3.00. The van der Waals surface area contributed by atoms with Crippen molar-refractivity contribution in [3.05, 3.63) is 0 Å². The van der Waals surface area contributed by atoms with Gasteiger partial charge in [-0.3, -0.25) is 0 Å². The third-order valence-corrected chi connectivity index (χ3v) is 0. The minimum absolute atomic E-state index is 0. The van der Waals surface area contributed by atoms with Gasteiger partial charge < -0.3 is 0 Å². The number of hydrogen-bond acceptors (Lipinski definition) is 4. The zero-order valence-electron chi connectivity index (χ0n) is 2.34. The average molecular weight is 251 g/mol. The molecule has 0 rings (SSSR count). The molecule has 0 atom stereocenters. The zero-order chi connectivity index (χ0) is 4.50. The first-order valence-electron chi connectivity index (χ1n) is 0.667. The predicted molar refractivity (Wildman–Crippen MR) is 7.13 cm³/mol. The van der Waals surface area contributed by atoms with E-state index in [-0.39, 0.29) is 22.4 Å². The molecule has 0 aromatic carbocycles. The molecule has 1 radical (unpaired) electrons. The van der Waals surface area contributed by atoms with Crippen LogP contribution in [0.5, 0.6) is 0 Å². The summed E-state index contributed by atoms with van der Waals surface area (Å²) >= 11 is -5.75. The molecule has 0 fully saturated rings. The molecule has 0 N–H and O–H groups in total. The molecule has 0 unspecified atom stereocenters. The summed E-state index contributed by atoms with van der Waals surface area (Å²) in [5.74, 6) is 0. The molecule has 0 aromatic rings. The standard InChI is InChI=1S/Ag.H2O4Se/c;1-5(2,3)4/h;(H2,1,2,3,4)/p-2. The second kappa shape index (κ2) is 2.87. The van der Waals surface area contributed by atoms with Gasteiger partial charge >= 0.3 is 29.4 Å². The number of rotatable bonds is 0. The van der Waals surface area contributed by atoms with Crippen LogP contribution >= 0.6 is 0 Å². The van der Waals surface area contributed by atoms with E-state index in [4.69, 9.17) is 16.0 Å². The molecular weight excluding hydrogens is 251 g/mol. The Balaban J connectivity index is 0. The van der Waals surface area contributed by atoms with Gasteiger partial charge in [0, 0.05) is 22.4 Å². The van der Waals surface area contributed by atoms with Crippen LogP contribution in [0.1, 0.15) is 0 Å². The van der Waals surface area contributed by atoms with Crippen molar-refractivity contribution in [2.75, 3.05) is 0 Å². The van der Waals surface area contributed by atoms with Gasteiger partial charge in [0.1, 0.15) is 0 Å². The Morgan fingerprint density at radius 1 is 1.17 bits per heavy atom. The van der Waals surface area contributed by atoms with E-state index in [9.17, 15) is 0 Å². The van der Waals surface area contributed by atoms with Crippen molar-refractivity contribution in [2.24, 2.45) is 0 Å². The van der Waals surface area contributed by atoms with E-state index >= 15 is 0 Å². The van der Waals surface area contributed by atoms with Crippen molar-refractivity contribution in [3.63, 3.8) is 0 Å². The summed E-state index contributed by atoms with van der Waals surface area (Å²) in [6, 6.07) is 0. The first-order chi connectivity index (χ1) is 2.00. The minimum atomic E-state index is -5.75. The fourth-order valence-electron chi connectivity index (χ4n) is 0. The summed E-state index contributed by atoms with van der Waals surface area (Å²) in [4.78, 5) is 0. The molecule has 0 heterocycles. The van der Waals surface area contributed by atoms with Gasteiger partial charge in [-0.2, -0.15) is 0 Å². The molecule has 0 bridgehead atoms. The molecule has 0 aliphatic rings. The van der Waals surface area contributed by atoms with Crippen molar-refractivity contribution in [3.8, 4) is 0 Å². The summed E-state index contributed by atoms with van der Waals surface area (Å²) in [5, 5.41) is 0. The fraction of sp³-hybridized carbons (Fsp3) is 0. The largest absolute Gasteiger partial charge is 0 e. The van der Waals surface area contributed by atoms with Crippen LogP contribution in [0.25, 0.3) is 0 Å². The van der Waals surface area contributed by atoms with E-state index in [0.29, 0.717) is 0 Å². The normalized spacial score (nSPS) is 9.67. The summed E-state index contributed by atoms with van der Waals surface area (Å²) in [5.41, 5.74) is 0. The second-order valence-electron chi connectivity index (χ2n) is 0.408. The Labute approximate surface area is 52.0 Å². The molecular formula is AgO4Se-2. The summed E-state index contributed by atoms with van der Waals surface area (Å²) in [6.45, 7) is 0. The molecule has 4 nitrogen and oxygen atoms in total. The Hall–Kier alpha value is 0.780. The van der Waals surface area contributed by atoms with Gasteiger partial charge in [-0.1, -0.05) is 0 Å². The van der Waals surface area contributed by atoms with Gasteiger partial charge in [0.2, 0.25) is 0 Å². The van der Waals surface area contributed by atoms with Crippen LogP contribution < -0.4 is 8.38 Å². The minimum Gasteiger partial charge on any atom is 0 e. The Morgan fingerprint density at radius 2 is 1.17 bits per heavy atom. The smallest absolute Gasteiger partial charge is 0 e. The SMILES string of the molecule is O=[Se](=O)([O-])[O-].[Ag]. The third kappa shape index (κ3) is 112. The van der Waals surface area contributed by atoms with Gasteiger partial charge in [0.15, 0.2) is 0 Å². The fourth-order valence-corrected chi connectivity index (χ4v) is 0. The van der Waals surface area contributed by atoms with Crippen LogP contribution in [-0.4, -0.2) is 13.4 Å². The van der Waals surface area contributed by atoms with Crippen molar-refractivity contribution >= 4 is 13.4 Å². The van der Waals surface area contributed by atoms with Crippen LogP contribution in [-0.2, 0) is 30.0 Å². The maximum atomic E-state index is 8.59. The van der Waals surface area contributed by atoms with Crippen LogP contribution in [0.15, 0.2) is 0 Å². The van der Waals surface area contributed by atoms with Crippen LogP contribution in [0.3, 0.4) is 0 Å². The van der Waals surface area contributed by atoms with Gasteiger partial charge in [0.25, 0.3) is 0 Å². The Kier molecular flexibility index (Phi) is 4.75. The first-order valence-corrected chi connectivity index (χ1v) is 3.46. The Bertz CT molecular complexity index is 90.7. The second-order valence-corrected chi connectivity index (χ2v) is 2.12. The van der Waals surface area contributed by atoms with Gasteiger partial charge in [-0.15, -0.1) is 0 Å². The van der Waals surface area contributed by atoms with E-state index in [2.05, 4.69) is 0 Å². The van der Waals surface area contributed by atoms with Gasteiger partial charge in [0.05, 0.1) is 0 Å². The zero-order valence-corrected chi connectivity index (χ0v) is 5.54. The summed E-state index contributed by atoms with van der Waals surface area (Å²) < 4.78 is 34.4. The number of hydrogen-bond donors (Lipinski definition) is 0. The summed E-state index contributed by atoms with van der Waals surface area (Å²) in [7, 11) is 0. The van der Waals surface area contributed by atoms with E-state index in [1.165, 1.54) is 0 Å². The molecule has 0 saturated heterocycles. The third-order valence-electron chi connectivity index (χ3n) is 0. The van der Waals surface area contributed by atoms with Crippen LogP contribution in [0.4, 0.5) is 0 Å². The topological polar surface area (TPSA) is 80.3 Å². The molecule has 0 saturated carbocycles. The van der Waals surface area contributed by atoms with Crippen LogP contribution in [0.2, 0.25) is 0 Å². The van der Waals surface area contributed by atoms with Crippen molar-refractivity contribution < 1.29 is 38.4 Å². The van der Waals surface area contributed by atoms with Crippen molar-refractivity contribution in [2.45, 2.75) is 0 Å². The molecule has 6 heavy (non-hydrogen) atoms. The molecule has 0 aromatic heterocycles. The van der Waals surface area contributed by atoms with E-state index in [0.717, 1.165) is 0 Å². The average Bonchev–Trinajstić information content (AvgIpc) is 0.722. The van der Waals surface area contributed by atoms with Gasteiger partial charge in [-0.05, 0) is 0 Å². The van der Waals surface area contributed by atoms with E-state index < -0.39 is 13.4 Å². The van der Waals surface area contributed by atoms with Crippen molar-refractivity contribution in [1.29, 1.82) is 0 Å². The van der Waals surface area contributed by atoms with E-state index in [1.54, 1.807) is 0 Å². The monoisotopic (exact) mass is 251 g/mol. The Morgan fingerprint density at radius 3 is 1.17 bits per heavy atom. The van der Waals surface area contributed by atoms with Crippen LogP contribution in [0, 0.1) is 0 Å². The summed E-state index contributed by atoms with van der Waals surface area (Å²) in [6.07, 6.45) is 0. The molecule has 6 heteroatoms. The molecule has 0 aliphatic carbocycles. The molecule has 0 amide bonds. The van der Waals surface area contributed by atoms with E-state index in [1.807, 2.05) is 0 Å². The van der Waals surface area contributed by atoms with Gasteiger partial charge in [-0.25, -0.2) is 0 Å².